The predicted molar refractivity (Wildman–Crippen MR) is 96.3 cm³/mol. The van der Waals surface area contributed by atoms with Gasteiger partial charge >= 0.3 is 0 Å². The van der Waals surface area contributed by atoms with Gasteiger partial charge in [0.2, 0.25) is 0 Å². The van der Waals surface area contributed by atoms with Gasteiger partial charge in [0.05, 0.1) is 0 Å². The van der Waals surface area contributed by atoms with Crippen molar-refractivity contribution in [1.82, 2.24) is 0 Å². The fraction of sp³-hybridized carbons (Fsp3) is 0.667. The fourth-order valence-electron chi connectivity index (χ4n) is 1.97. The first kappa shape index (κ1) is 19.8. The molecule has 0 amide bonds. The van der Waals surface area contributed by atoms with Crippen LogP contribution >= 0.6 is 0 Å². The van der Waals surface area contributed by atoms with Crippen molar-refractivity contribution in [2.45, 2.75) is 91.4 Å². The highest BCUT2D eigenvalue weighted by Gasteiger charge is 1.90. The van der Waals surface area contributed by atoms with E-state index in [-0.39, 0.29) is 0 Å². The van der Waals surface area contributed by atoms with E-state index in [4.69, 9.17) is 0 Å². The number of allylic oxidation sites excluding steroid dienone is 3. The van der Waals surface area contributed by atoms with Gasteiger partial charge in [0.25, 0.3) is 0 Å². The lowest BCUT2D eigenvalue weighted by Crippen LogP contribution is -1.80. The molecule has 0 bridgehead atoms. The Bertz CT molecular complexity index is 367. The molecule has 0 nitrogen and oxygen atoms in total. The molecule has 0 aromatic heterocycles. The van der Waals surface area contributed by atoms with Crippen LogP contribution in [0.4, 0.5) is 0 Å². The molecule has 0 saturated carbocycles. The van der Waals surface area contributed by atoms with E-state index in [0.717, 1.165) is 19.3 Å². The zero-order valence-corrected chi connectivity index (χ0v) is 14.5. The van der Waals surface area contributed by atoms with Crippen LogP contribution in [0.15, 0.2) is 29.5 Å². The average Bonchev–Trinajstić information content (AvgIpc) is 2.50. The van der Waals surface area contributed by atoms with Gasteiger partial charge in [0.1, 0.15) is 0 Å². The first-order valence-corrected chi connectivity index (χ1v) is 8.94. The summed E-state index contributed by atoms with van der Waals surface area (Å²) >= 11 is 0. The molecule has 21 heavy (non-hydrogen) atoms. The maximum absolute atomic E-state index is 3.33. The Labute approximate surface area is 133 Å². The van der Waals surface area contributed by atoms with E-state index in [2.05, 4.69) is 50.5 Å². The van der Waals surface area contributed by atoms with E-state index in [0.29, 0.717) is 0 Å². The molecule has 0 fully saturated rings. The monoisotopic (exact) mass is 286 g/mol. The summed E-state index contributed by atoms with van der Waals surface area (Å²) in [6.07, 6.45) is 19.8. The van der Waals surface area contributed by atoms with E-state index in [1.807, 2.05) is 6.08 Å². The highest BCUT2D eigenvalue weighted by atomic mass is 13.9. The lowest BCUT2D eigenvalue weighted by Gasteiger charge is -1.96. The quantitative estimate of drug-likeness (QED) is 0.166. The van der Waals surface area contributed by atoms with Crippen molar-refractivity contribution in [3.8, 4) is 11.8 Å². The number of hydrogen-bond acceptors (Lipinski definition) is 0. The van der Waals surface area contributed by atoms with Crippen LogP contribution in [0, 0.1) is 11.8 Å². The second kappa shape index (κ2) is 16.9. The van der Waals surface area contributed by atoms with Crippen LogP contribution in [0.3, 0.4) is 0 Å². The molecular weight excluding hydrogens is 252 g/mol. The zero-order valence-electron chi connectivity index (χ0n) is 14.5. The molecule has 0 saturated heterocycles. The van der Waals surface area contributed by atoms with Gasteiger partial charge in [-0.05, 0) is 50.3 Å². The van der Waals surface area contributed by atoms with Gasteiger partial charge in [-0.3, -0.25) is 0 Å². The molecular formula is C21H34. The maximum Gasteiger partial charge on any atom is 0.00922 e. The molecule has 0 aromatic rings. The van der Waals surface area contributed by atoms with Crippen molar-refractivity contribution in [3.63, 3.8) is 0 Å². The molecule has 0 rings (SSSR count). The summed E-state index contributed by atoms with van der Waals surface area (Å²) in [7, 11) is 0. The lowest BCUT2D eigenvalue weighted by molar-refractivity contribution is 0.675. The standard InChI is InChI=1S/C21H34/c1-4-7-10-12-13-14-15-17-20-21(18-9-6-3)19-16-11-8-5-2/h14,17,20H,4-13,18H2,1-3H3/b21-20-. The van der Waals surface area contributed by atoms with Crippen LogP contribution in [0.25, 0.3) is 0 Å². The second-order valence-corrected chi connectivity index (χ2v) is 5.59. The highest BCUT2D eigenvalue weighted by Crippen LogP contribution is 2.07. The van der Waals surface area contributed by atoms with E-state index < -0.39 is 0 Å². The molecule has 0 heteroatoms. The SMILES string of the molecule is CCCCC#C/C(=C\C=C=CCCCCCC)CCCC. The van der Waals surface area contributed by atoms with Gasteiger partial charge in [0.15, 0.2) is 0 Å². The normalized spacial score (nSPS) is 10.5. The first-order valence-electron chi connectivity index (χ1n) is 8.94. The van der Waals surface area contributed by atoms with Crippen molar-refractivity contribution in [2.24, 2.45) is 0 Å². The van der Waals surface area contributed by atoms with Gasteiger partial charge in [-0.2, -0.15) is 0 Å². The Kier molecular flexibility index (Phi) is 15.9. The molecule has 0 spiro atoms. The minimum absolute atomic E-state index is 1.02. The van der Waals surface area contributed by atoms with Crippen LogP contribution in [-0.4, -0.2) is 0 Å². The summed E-state index contributed by atoms with van der Waals surface area (Å²) in [5.74, 6) is 6.63. The zero-order chi connectivity index (χ0) is 15.6. The van der Waals surface area contributed by atoms with Gasteiger partial charge < -0.3 is 0 Å². The van der Waals surface area contributed by atoms with E-state index in [1.54, 1.807) is 0 Å². The smallest absolute Gasteiger partial charge is 0.00922 e. The summed E-state index contributed by atoms with van der Waals surface area (Å²) in [5.41, 5.74) is 4.54. The van der Waals surface area contributed by atoms with Gasteiger partial charge in [0, 0.05) is 12.0 Å². The van der Waals surface area contributed by atoms with Crippen LogP contribution < -0.4 is 0 Å². The van der Waals surface area contributed by atoms with Gasteiger partial charge in [-0.1, -0.05) is 64.7 Å². The Hall–Kier alpha value is -1.18. The molecule has 0 atom stereocenters. The minimum atomic E-state index is 1.02. The Morgan fingerprint density at radius 1 is 0.857 bits per heavy atom. The third-order valence-electron chi connectivity index (χ3n) is 3.40. The van der Waals surface area contributed by atoms with E-state index in [1.165, 1.54) is 56.9 Å². The average molecular weight is 287 g/mol. The molecule has 0 aliphatic heterocycles. The summed E-state index contributed by atoms with van der Waals surface area (Å²) in [4.78, 5) is 0. The first-order chi connectivity index (χ1) is 10.3. The molecule has 0 unspecified atom stereocenters. The van der Waals surface area contributed by atoms with Crippen LogP contribution in [0.5, 0.6) is 0 Å². The minimum Gasteiger partial charge on any atom is -0.125 e. The van der Waals surface area contributed by atoms with E-state index in [9.17, 15) is 0 Å². The Balaban J connectivity index is 4.25. The molecule has 0 aromatic carbocycles. The molecule has 0 aliphatic carbocycles. The van der Waals surface area contributed by atoms with Gasteiger partial charge in [-0.15, -0.1) is 5.73 Å². The van der Waals surface area contributed by atoms with E-state index >= 15 is 0 Å². The van der Waals surface area contributed by atoms with Crippen molar-refractivity contribution < 1.29 is 0 Å². The number of rotatable bonds is 11. The highest BCUT2D eigenvalue weighted by molar-refractivity contribution is 5.31. The number of hydrogen-bond donors (Lipinski definition) is 0. The molecule has 0 aliphatic rings. The summed E-state index contributed by atoms with van der Waals surface area (Å²) in [6, 6.07) is 0. The number of unbranched alkanes of at least 4 members (excludes halogenated alkanes) is 7. The largest absolute Gasteiger partial charge is 0.125 e. The van der Waals surface area contributed by atoms with Crippen molar-refractivity contribution in [1.29, 1.82) is 0 Å². The molecule has 0 radical (unpaired) electrons. The van der Waals surface area contributed by atoms with Crippen molar-refractivity contribution in [3.05, 3.63) is 29.5 Å². The summed E-state index contributed by atoms with van der Waals surface area (Å²) in [5, 5.41) is 0. The lowest BCUT2D eigenvalue weighted by atomic mass is 10.1. The maximum atomic E-state index is 3.33. The van der Waals surface area contributed by atoms with Crippen LogP contribution in [0.2, 0.25) is 0 Å². The van der Waals surface area contributed by atoms with Crippen molar-refractivity contribution in [2.75, 3.05) is 0 Å². The molecule has 118 valence electrons. The Morgan fingerprint density at radius 3 is 2.33 bits per heavy atom. The Morgan fingerprint density at radius 2 is 1.62 bits per heavy atom. The van der Waals surface area contributed by atoms with Crippen molar-refractivity contribution >= 4 is 0 Å². The fourth-order valence-corrected chi connectivity index (χ4v) is 1.97. The third-order valence-corrected chi connectivity index (χ3v) is 3.40. The van der Waals surface area contributed by atoms with Crippen LogP contribution in [-0.2, 0) is 0 Å². The predicted octanol–water partition coefficient (Wildman–Crippen LogP) is 6.98. The molecule has 0 heterocycles. The topological polar surface area (TPSA) is 0 Å². The third kappa shape index (κ3) is 15.0. The second-order valence-electron chi connectivity index (χ2n) is 5.59. The van der Waals surface area contributed by atoms with Crippen LogP contribution in [0.1, 0.15) is 91.4 Å². The summed E-state index contributed by atoms with van der Waals surface area (Å²) in [6.45, 7) is 6.69. The molecule has 0 N–H and O–H groups in total. The van der Waals surface area contributed by atoms with Gasteiger partial charge in [-0.25, -0.2) is 0 Å². The summed E-state index contributed by atoms with van der Waals surface area (Å²) < 4.78 is 0.